The van der Waals surface area contributed by atoms with E-state index in [1.54, 1.807) is 0 Å². The third-order valence-corrected chi connectivity index (χ3v) is 10.0. The molecule has 4 saturated carbocycles. The Morgan fingerprint density at radius 1 is 0.923 bits per heavy atom. The summed E-state index contributed by atoms with van der Waals surface area (Å²) in [5, 5.41) is 30.8. The molecule has 0 saturated heterocycles. The number of hydrogen-bond donors (Lipinski definition) is 3. The van der Waals surface area contributed by atoms with Crippen molar-refractivity contribution in [2.75, 3.05) is 6.61 Å². The molecule has 0 radical (unpaired) electrons. The topological polar surface area (TPSA) is 60.7 Å². The number of aliphatic hydroxyl groups is 3. The summed E-state index contributed by atoms with van der Waals surface area (Å²) in [6.45, 7) is 7.62. The molecule has 3 nitrogen and oxygen atoms in total. The van der Waals surface area contributed by atoms with Gasteiger partial charge in [-0.05, 0) is 104 Å². The molecule has 26 heavy (non-hydrogen) atoms. The summed E-state index contributed by atoms with van der Waals surface area (Å²) < 4.78 is 0. The van der Waals surface area contributed by atoms with Gasteiger partial charge in [-0.15, -0.1) is 0 Å². The van der Waals surface area contributed by atoms with E-state index in [0.29, 0.717) is 52.9 Å². The van der Waals surface area contributed by atoms with Crippen molar-refractivity contribution in [3.8, 4) is 0 Å². The molecule has 0 heterocycles. The third-order valence-electron chi connectivity index (χ3n) is 10.0. The number of aliphatic hydroxyl groups excluding tert-OH is 3. The molecule has 3 unspecified atom stereocenters. The monoisotopic (exact) mass is 364 g/mol. The second-order valence-electron chi connectivity index (χ2n) is 10.9. The fraction of sp³-hybridized carbons (Fsp3) is 1.00. The summed E-state index contributed by atoms with van der Waals surface area (Å²) >= 11 is 0. The van der Waals surface area contributed by atoms with Crippen LogP contribution in [-0.4, -0.2) is 34.1 Å². The van der Waals surface area contributed by atoms with E-state index < -0.39 is 0 Å². The molecular weight excluding hydrogens is 324 g/mol. The maximum atomic E-state index is 11.2. The van der Waals surface area contributed by atoms with Crippen LogP contribution in [0.1, 0.15) is 78.6 Å². The lowest BCUT2D eigenvalue weighted by Gasteiger charge is -2.62. The first kappa shape index (κ1) is 19.2. The molecule has 0 amide bonds. The Hall–Kier alpha value is -0.120. The second-order valence-corrected chi connectivity index (χ2v) is 10.9. The van der Waals surface area contributed by atoms with Gasteiger partial charge < -0.3 is 15.3 Å². The van der Waals surface area contributed by atoms with Gasteiger partial charge in [0.1, 0.15) is 0 Å². The summed E-state index contributed by atoms with van der Waals surface area (Å²) in [5.41, 5.74) is 0.660. The zero-order valence-corrected chi connectivity index (χ0v) is 17.0. The van der Waals surface area contributed by atoms with Crippen LogP contribution in [0.5, 0.6) is 0 Å². The van der Waals surface area contributed by atoms with Crippen molar-refractivity contribution in [2.45, 2.75) is 90.8 Å². The van der Waals surface area contributed by atoms with E-state index >= 15 is 0 Å². The van der Waals surface area contributed by atoms with Crippen LogP contribution >= 0.6 is 0 Å². The molecule has 3 N–H and O–H groups in total. The van der Waals surface area contributed by atoms with Crippen LogP contribution < -0.4 is 0 Å². The van der Waals surface area contributed by atoms with Gasteiger partial charge in [0.15, 0.2) is 0 Å². The summed E-state index contributed by atoms with van der Waals surface area (Å²) in [5.74, 6) is 3.52. The highest BCUT2D eigenvalue weighted by Gasteiger charge is 2.62. The number of hydrogen-bond acceptors (Lipinski definition) is 3. The van der Waals surface area contributed by atoms with Gasteiger partial charge in [0.25, 0.3) is 0 Å². The van der Waals surface area contributed by atoms with E-state index in [4.69, 9.17) is 0 Å². The molecule has 0 spiro atoms. The van der Waals surface area contributed by atoms with Gasteiger partial charge in [-0.1, -0.05) is 20.8 Å². The second kappa shape index (κ2) is 6.74. The van der Waals surface area contributed by atoms with Crippen molar-refractivity contribution >= 4 is 0 Å². The van der Waals surface area contributed by atoms with Crippen LogP contribution in [0.2, 0.25) is 0 Å². The van der Waals surface area contributed by atoms with Crippen LogP contribution in [0.4, 0.5) is 0 Å². The van der Waals surface area contributed by atoms with E-state index in [2.05, 4.69) is 20.8 Å². The predicted octanol–water partition coefficient (Wildman–Crippen LogP) is 4.00. The lowest BCUT2D eigenvalue weighted by Crippen LogP contribution is -2.58. The molecule has 0 bridgehead atoms. The quantitative estimate of drug-likeness (QED) is 0.709. The summed E-state index contributed by atoms with van der Waals surface area (Å²) in [4.78, 5) is 0. The number of fused-ring (bicyclic) bond motifs is 5. The van der Waals surface area contributed by atoms with E-state index in [1.165, 1.54) is 25.7 Å². The molecule has 4 fully saturated rings. The maximum absolute atomic E-state index is 11.2. The molecule has 150 valence electrons. The first-order valence-electron chi connectivity index (χ1n) is 11.3. The minimum Gasteiger partial charge on any atom is -0.396 e. The van der Waals surface area contributed by atoms with Crippen molar-refractivity contribution in [1.82, 2.24) is 0 Å². The highest BCUT2D eigenvalue weighted by atomic mass is 16.3. The zero-order chi connectivity index (χ0) is 18.7. The largest absolute Gasteiger partial charge is 0.396 e. The van der Waals surface area contributed by atoms with Crippen LogP contribution in [0, 0.1) is 46.3 Å². The van der Waals surface area contributed by atoms with E-state index in [-0.39, 0.29) is 12.2 Å². The predicted molar refractivity (Wildman–Crippen MR) is 103 cm³/mol. The fourth-order valence-corrected chi connectivity index (χ4v) is 8.58. The van der Waals surface area contributed by atoms with Crippen LogP contribution in [0.3, 0.4) is 0 Å². The summed E-state index contributed by atoms with van der Waals surface area (Å²) in [6, 6.07) is 0. The van der Waals surface area contributed by atoms with Gasteiger partial charge in [-0.25, -0.2) is 0 Å². The van der Waals surface area contributed by atoms with Crippen LogP contribution in [0.25, 0.3) is 0 Å². The number of rotatable bonds is 3. The molecule has 0 aromatic carbocycles. The smallest absolute Gasteiger partial charge is 0.0577 e. The van der Waals surface area contributed by atoms with E-state index in [1.807, 2.05) is 0 Å². The van der Waals surface area contributed by atoms with Crippen LogP contribution in [0.15, 0.2) is 0 Å². The Kier molecular flexibility index (Phi) is 4.98. The molecule has 10 atom stereocenters. The van der Waals surface area contributed by atoms with Crippen LogP contribution in [-0.2, 0) is 0 Å². The van der Waals surface area contributed by atoms with Gasteiger partial charge in [-0.3, -0.25) is 0 Å². The van der Waals surface area contributed by atoms with Gasteiger partial charge >= 0.3 is 0 Å². The first-order chi connectivity index (χ1) is 12.3. The fourth-order valence-electron chi connectivity index (χ4n) is 8.58. The lowest BCUT2D eigenvalue weighted by atomic mass is 9.43. The van der Waals surface area contributed by atoms with Gasteiger partial charge in [0.2, 0.25) is 0 Å². The van der Waals surface area contributed by atoms with Crippen molar-refractivity contribution in [1.29, 1.82) is 0 Å². The standard InChI is InChI=1S/C23H40O3/c1-14(8-11-24)17-4-5-18-21-19(7-10-23(17,18)3)22(2)9-6-16(25)12-15(22)13-20(21)26/h14-21,24-26H,4-13H2,1-3H3/t14-,15+,16-,17-,18?,19?,20-,21?,22+,23-/m1/s1. The molecule has 0 aliphatic heterocycles. The Labute approximate surface area is 159 Å². The Morgan fingerprint density at radius 3 is 2.35 bits per heavy atom. The van der Waals surface area contributed by atoms with Gasteiger partial charge in [0, 0.05) is 6.61 Å². The third kappa shape index (κ3) is 2.71. The minimum absolute atomic E-state index is 0.152. The molecule has 4 aliphatic rings. The maximum Gasteiger partial charge on any atom is 0.0577 e. The molecule has 3 heteroatoms. The van der Waals surface area contributed by atoms with Crippen molar-refractivity contribution in [2.24, 2.45) is 46.3 Å². The molecule has 4 aliphatic carbocycles. The normalized spacial score (nSPS) is 54.9. The molecule has 0 aromatic heterocycles. The first-order valence-corrected chi connectivity index (χ1v) is 11.3. The highest BCUT2D eigenvalue weighted by Crippen LogP contribution is 2.68. The zero-order valence-electron chi connectivity index (χ0n) is 17.0. The average Bonchev–Trinajstić information content (AvgIpc) is 2.94. The lowest BCUT2D eigenvalue weighted by molar-refractivity contribution is -0.174. The van der Waals surface area contributed by atoms with E-state index in [9.17, 15) is 15.3 Å². The molecule has 0 aromatic rings. The summed E-state index contributed by atoms with van der Waals surface area (Å²) in [6.07, 6.45) is 9.55. The Balaban J connectivity index is 1.61. The van der Waals surface area contributed by atoms with Crippen molar-refractivity contribution in [3.63, 3.8) is 0 Å². The molecule has 4 rings (SSSR count). The Bertz CT molecular complexity index is 522. The highest BCUT2D eigenvalue weighted by molar-refractivity contribution is 5.11. The van der Waals surface area contributed by atoms with Gasteiger partial charge in [0.05, 0.1) is 12.2 Å². The summed E-state index contributed by atoms with van der Waals surface area (Å²) in [7, 11) is 0. The van der Waals surface area contributed by atoms with Crippen molar-refractivity contribution < 1.29 is 15.3 Å². The average molecular weight is 365 g/mol. The van der Waals surface area contributed by atoms with Gasteiger partial charge in [-0.2, -0.15) is 0 Å². The van der Waals surface area contributed by atoms with Crippen molar-refractivity contribution in [3.05, 3.63) is 0 Å². The molecular formula is C23H40O3. The minimum atomic E-state index is -0.181. The van der Waals surface area contributed by atoms with E-state index in [0.717, 1.165) is 32.1 Å². The SMILES string of the molecule is C[C@H](CCO)[C@H]1CCC2C3C(CC[C@@]21C)[C@@]1(C)CC[C@@H](O)C[C@H]1C[C@H]3O. The Morgan fingerprint density at radius 2 is 1.62 bits per heavy atom.